The number of rotatable bonds is 9. The number of ether oxygens (including phenoxy) is 1. The Balaban J connectivity index is 1.08. The Labute approximate surface area is 253 Å². The van der Waals surface area contributed by atoms with Crippen molar-refractivity contribution in [2.75, 3.05) is 12.3 Å². The highest BCUT2D eigenvalue weighted by Crippen LogP contribution is 2.39. The maximum atomic E-state index is 11.1. The van der Waals surface area contributed by atoms with Gasteiger partial charge in [-0.2, -0.15) is 0 Å². The number of imidazole rings is 1. The van der Waals surface area contributed by atoms with E-state index in [0.717, 1.165) is 48.1 Å². The fourth-order valence-corrected chi connectivity index (χ4v) is 6.78. The van der Waals surface area contributed by atoms with E-state index in [0.29, 0.717) is 35.4 Å². The van der Waals surface area contributed by atoms with Crippen LogP contribution in [0.3, 0.4) is 0 Å². The van der Waals surface area contributed by atoms with Gasteiger partial charge in [0, 0.05) is 36.8 Å². The summed E-state index contributed by atoms with van der Waals surface area (Å²) in [5, 5.41) is 22.8. The van der Waals surface area contributed by atoms with E-state index in [1.807, 2.05) is 0 Å². The van der Waals surface area contributed by atoms with Crippen molar-refractivity contribution in [3.63, 3.8) is 0 Å². The topological polar surface area (TPSA) is 138 Å². The van der Waals surface area contributed by atoms with E-state index in [-0.39, 0.29) is 11.5 Å². The van der Waals surface area contributed by atoms with E-state index in [9.17, 15) is 10.2 Å². The lowest BCUT2D eigenvalue weighted by Crippen LogP contribution is -2.52. The monoisotopic (exact) mass is 587 g/mol. The van der Waals surface area contributed by atoms with E-state index in [1.54, 1.807) is 16.8 Å². The number of benzene rings is 1. The normalized spacial score (nSPS) is 26.2. The van der Waals surface area contributed by atoms with Gasteiger partial charge >= 0.3 is 0 Å². The second-order valence-electron chi connectivity index (χ2n) is 13.7. The molecule has 4 aromatic rings. The van der Waals surface area contributed by atoms with Gasteiger partial charge in [-0.1, -0.05) is 39.5 Å². The molecule has 4 atom stereocenters. The summed E-state index contributed by atoms with van der Waals surface area (Å²) in [5.41, 5.74) is 11.0. The fraction of sp³-hybridized carbons (Fsp3) is 0.545. The van der Waals surface area contributed by atoms with Crippen LogP contribution in [0.4, 0.5) is 5.82 Å². The zero-order chi connectivity index (χ0) is 30.6. The number of nitrogens with zero attached hydrogens (tertiary/aromatic N) is 5. The van der Waals surface area contributed by atoms with E-state index in [4.69, 9.17) is 15.5 Å². The van der Waals surface area contributed by atoms with Gasteiger partial charge in [0.1, 0.15) is 41.9 Å². The first-order valence-corrected chi connectivity index (χ1v) is 15.4. The first-order valence-electron chi connectivity index (χ1n) is 15.4. The van der Waals surface area contributed by atoms with Crippen LogP contribution in [0.25, 0.3) is 28.1 Å². The van der Waals surface area contributed by atoms with Crippen molar-refractivity contribution in [1.29, 1.82) is 0 Å². The van der Waals surface area contributed by atoms with Gasteiger partial charge in [-0.05, 0) is 62.1 Å². The van der Waals surface area contributed by atoms with Crippen LogP contribution < -0.4 is 5.73 Å². The number of aromatic amines is 1. The van der Waals surface area contributed by atoms with Crippen LogP contribution in [0.15, 0.2) is 37.3 Å². The highest BCUT2D eigenvalue weighted by Gasteiger charge is 2.46. The molecule has 1 aromatic carbocycles. The maximum Gasteiger partial charge on any atom is 0.164 e. The van der Waals surface area contributed by atoms with E-state index in [2.05, 4.69) is 79.2 Å². The number of aryl methyl sites for hydroxylation is 1. The first-order chi connectivity index (χ1) is 20.4. The van der Waals surface area contributed by atoms with E-state index >= 15 is 0 Å². The van der Waals surface area contributed by atoms with E-state index in [1.165, 1.54) is 11.9 Å². The van der Waals surface area contributed by atoms with Gasteiger partial charge < -0.3 is 30.2 Å². The number of fused-ring (bicyclic) bond motifs is 2. The summed E-state index contributed by atoms with van der Waals surface area (Å²) >= 11 is 0. The number of aliphatic hydroxyl groups excluding tert-OH is 2. The number of aromatic nitrogens is 5. The second-order valence-corrected chi connectivity index (χ2v) is 13.7. The average molecular weight is 588 g/mol. The van der Waals surface area contributed by atoms with Crippen LogP contribution in [0.1, 0.15) is 77.1 Å². The number of hydrogen-bond acceptors (Lipinski definition) is 8. The molecule has 4 unspecified atom stereocenters. The SMILES string of the molecule is C=Cc1cn(C2OC(CN(C(C)C)C3CC(CCc4nc5ccc(C(C)(C)C)cc5[nH]4)C3)C(O)C2O)c2ncnc(N)c12. The van der Waals surface area contributed by atoms with Gasteiger partial charge in [0.25, 0.3) is 0 Å². The Morgan fingerprint density at radius 2 is 1.98 bits per heavy atom. The average Bonchev–Trinajstić information content (AvgIpc) is 3.60. The Morgan fingerprint density at radius 3 is 2.67 bits per heavy atom. The number of hydrogen-bond donors (Lipinski definition) is 4. The zero-order valence-electron chi connectivity index (χ0n) is 25.9. The molecule has 6 rings (SSSR count). The standard InChI is InChI=1S/C33H45N7O3/c1-7-20-15-40(31-27(20)30(34)35-17-36-31)32-29(42)28(41)25(43-32)16-39(18(2)3)22-12-19(13-22)8-11-26-37-23-10-9-21(33(4,5)6)14-24(23)38-26/h7,9-10,14-15,17-19,22,25,28-29,32,41-42H,1,8,11-13,16H2,2-6H3,(H,37,38)(H2,34,35,36). The highest BCUT2D eigenvalue weighted by atomic mass is 16.6. The molecular weight excluding hydrogens is 542 g/mol. The first kappa shape index (κ1) is 29.7. The second kappa shape index (κ2) is 11.3. The Kier molecular flexibility index (Phi) is 7.83. The van der Waals surface area contributed by atoms with E-state index < -0.39 is 24.5 Å². The summed E-state index contributed by atoms with van der Waals surface area (Å²) in [7, 11) is 0. The smallest absolute Gasteiger partial charge is 0.164 e. The quantitative estimate of drug-likeness (QED) is 0.223. The molecule has 0 amide bonds. The predicted molar refractivity (Wildman–Crippen MR) is 169 cm³/mol. The fourth-order valence-electron chi connectivity index (χ4n) is 6.78. The molecule has 5 N–H and O–H groups in total. The Hall–Kier alpha value is -3.31. The van der Waals surface area contributed by atoms with Gasteiger partial charge in [0.2, 0.25) is 0 Å². The number of nitrogen functional groups attached to an aromatic ring is 1. The summed E-state index contributed by atoms with van der Waals surface area (Å²) < 4.78 is 8.08. The molecule has 43 heavy (non-hydrogen) atoms. The minimum atomic E-state index is -1.11. The number of nitrogens with two attached hydrogens (primary N) is 1. The molecule has 0 spiro atoms. The number of aliphatic hydroxyl groups is 2. The van der Waals surface area contributed by atoms with Gasteiger partial charge in [-0.25, -0.2) is 15.0 Å². The predicted octanol–water partition coefficient (Wildman–Crippen LogP) is 4.57. The van der Waals surface area contributed by atoms with Crippen molar-refractivity contribution < 1.29 is 14.9 Å². The van der Waals surface area contributed by atoms with Crippen LogP contribution in [0, 0.1) is 5.92 Å². The van der Waals surface area contributed by atoms with Crippen molar-refractivity contribution in [2.45, 2.75) is 102 Å². The number of H-pyrrole nitrogens is 1. The lowest BCUT2D eigenvalue weighted by atomic mass is 9.76. The third-order valence-corrected chi connectivity index (χ3v) is 9.42. The van der Waals surface area contributed by atoms with Crippen molar-refractivity contribution in [1.82, 2.24) is 29.4 Å². The molecule has 1 aliphatic carbocycles. The molecule has 2 fully saturated rings. The lowest BCUT2D eigenvalue weighted by Gasteiger charge is -2.46. The van der Waals surface area contributed by atoms with Gasteiger partial charge in [0.05, 0.1) is 16.4 Å². The van der Waals surface area contributed by atoms with Crippen LogP contribution in [0.5, 0.6) is 0 Å². The molecule has 4 heterocycles. The molecule has 10 heteroatoms. The molecule has 1 aliphatic heterocycles. The number of nitrogens with one attached hydrogen (secondary N) is 1. The molecule has 1 saturated carbocycles. The Morgan fingerprint density at radius 1 is 1.21 bits per heavy atom. The van der Waals surface area contributed by atoms with Crippen LogP contribution in [0.2, 0.25) is 0 Å². The molecular formula is C33H45N7O3. The lowest BCUT2D eigenvalue weighted by molar-refractivity contribution is -0.0618. The maximum absolute atomic E-state index is 11.1. The summed E-state index contributed by atoms with van der Waals surface area (Å²) in [6.07, 6.45) is 5.62. The van der Waals surface area contributed by atoms with Crippen molar-refractivity contribution >= 4 is 34.0 Å². The Bertz CT molecular complexity index is 1610. The highest BCUT2D eigenvalue weighted by molar-refractivity contribution is 5.94. The summed E-state index contributed by atoms with van der Waals surface area (Å²) in [6, 6.07) is 7.22. The van der Waals surface area contributed by atoms with Crippen LogP contribution >= 0.6 is 0 Å². The van der Waals surface area contributed by atoms with Crippen LogP contribution in [-0.4, -0.2) is 76.6 Å². The number of anilines is 1. The molecule has 0 radical (unpaired) electrons. The van der Waals surface area contributed by atoms with Gasteiger partial charge in [-0.15, -0.1) is 0 Å². The largest absolute Gasteiger partial charge is 0.387 e. The molecule has 2 aliphatic rings. The molecule has 1 saturated heterocycles. The van der Waals surface area contributed by atoms with Crippen molar-refractivity contribution in [2.24, 2.45) is 5.92 Å². The van der Waals surface area contributed by atoms with Crippen molar-refractivity contribution in [3.05, 3.63) is 54.3 Å². The molecule has 230 valence electrons. The zero-order valence-corrected chi connectivity index (χ0v) is 25.9. The molecule has 10 nitrogen and oxygen atoms in total. The van der Waals surface area contributed by atoms with Gasteiger partial charge in [0.15, 0.2) is 6.23 Å². The summed E-state index contributed by atoms with van der Waals surface area (Å²) in [5.74, 6) is 2.02. The summed E-state index contributed by atoms with van der Waals surface area (Å²) in [6.45, 7) is 15.5. The van der Waals surface area contributed by atoms with Crippen molar-refractivity contribution in [3.8, 4) is 0 Å². The molecule has 0 bridgehead atoms. The third kappa shape index (κ3) is 5.57. The summed E-state index contributed by atoms with van der Waals surface area (Å²) in [4.78, 5) is 19.3. The van der Waals surface area contributed by atoms with Gasteiger partial charge in [-0.3, -0.25) is 4.90 Å². The third-order valence-electron chi connectivity index (χ3n) is 9.42. The minimum Gasteiger partial charge on any atom is -0.387 e. The molecule has 3 aromatic heterocycles. The minimum absolute atomic E-state index is 0.108. The van der Waals surface area contributed by atoms with Crippen LogP contribution in [-0.2, 0) is 16.6 Å².